The van der Waals surface area contributed by atoms with E-state index < -0.39 is 6.67 Å². The molecule has 6 rings (SSSR count). The Morgan fingerprint density at radius 1 is 1.22 bits per heavy atom. The van der Waals surface area contributed by atoms with Crippen LogP contribution in [0.2, 0.25) is 0 Å². The van der Waals surface area contributed by atoms with Crippen LogP contribution in [0.4, 0.5) is 4.39 Å². The van der Waals surface area contributed by atoms with E-state index in [0.29, 0.717) is 24.0 Å². The number of H-pyrrole nitrogens is 1. The molecule has 3 aliphatic rings. The summed E-state index contributed by atoms with van der Waals surface area (Å²) in [6.45, 7) is 8.66. The minimum absolute atomic E-state index is 0.274. The molecule has 0 radical (unpaired) electrons. The molecule has 7 heteroatoms. The second kappa shape index (κ2) is 9.43. The van der Waals surface area contributed by atoms with E-state index in [1.807, 2.05) is 18.5 Å². The van der Waals surface area contributed by atoms with Crippen molar-refractivity contribution in [2.24, 2.45) is 16.3 Å². The third-order valence-electron chi connectivity index (χ3n) is 7.92. The van der Waals surface area contributed by atoms with Crippen molar-refractivity contribution in [3.63, 3.8) is 0 Å². The third kappa shape index (κ3) is 4.56. The van der Waals surface area contributed by atoms with Crippen LogP contribution in [-0.4, -0.2) is 38.7 Å². The molecule has 4 heterocycles. The average molecular weight is 500 g/mol. The predicted molar refractivity (Wildman–Crippen MR) is 145 cm³/mol. The first kappa shape index (κ1) is 23.9. The number of pyridine rings is 1. The first-order valence-electron chi connectivity index (χ1n) is 13.3. The highest BCUT2D eigenvalue weighted by Crippen LogP contribution is 2.43. The van der Waals surface area contributed by atoms with Crippen molar-refractivity contribution in [1.82, 2.24) is 19.9 Å². The van der Waals surface area contributed by atoms with Crippen LogP contribution in [0.3, 0.4) is 0 Å². The number of aromatic nitrogens is 3. The lowest BCUT2D eigenvalue weighted by Crippen LogP contribution is -2.34. The lowest BCUT2D eigenvalue weighted by molar-refractivity contribution is 0.245. The number of hydrogen-bond acceptors (Lipinski definition) is 5. The van der Waals surface area contributed by atoms with Gasteiger partial charge < -0.3 is 14.6 Å². The number of imidazole rings is 1. The maximum Gasteiger partial charge on any atom is 0.177 e. The molecule has 0 saturated heterocycles. The Morgan fingerprint density at radius 3 is 2.95 bits per heavy atom. The minimum Gasteiger partial charge on any atom is -0.491 e. The Kier molecular flexibility index (Phi) is 6.09. The molecule has 37 heavy (non-hydrogen) atoms. The van der Waals surface area contributed by atoms with Crippen LogP contribution in [-0.2, 0) is 13.2 Å². The van der Waals surface area contributed by atoms with Crippen molar-refractivity contribution < 1.29 is 9.13 Å². The van der Waals surface area contributed by atoms with Gasteiger partial charge in [-0.05, 0) is 60.4 Å². The molecule has 6 nitrogen and oxygen atoms in total. The van der Waals surface area contributed by atoms with Gasteiger partial charge in [-0.1, -0.05) is 32.9 Å². The lowest BCUT2D eigenvalue weighted by Gasteiger charge is -2.38. The molecule has 1 unspecified atom stereocenters. The van der Waals surface area contributed by atoms with E-state index in [4.69, 9.17) is 9.73 Å². The van der Waals surface area contributed by atoms with Gasteiger partial charge in [0.05, 0.1) is 12.1 Å². The second-order valence-corrected chi connectivity index (χ2v) is 11.1. The highest BCUT2D eigenvalue weighted by Gasteiger charge is 2.34. The van der Waals surface area contributed by atoms with Gasteiger partial charge in [0.25, 0.3) is 0 Å². The summed E-state index contributed by atoms with van der Waals surface area (Å²) >= 11 is 0. The first-order chi connectivity index (χ1) is 17.9. The SMILES string of the molecule is CCC1C=CN=C2CCC(C)(C)CC2=C1N1CCOc2ccc(-c3cnc4nc(CF)[nH]c4c3)cc2C1. The topological polar surface area (TPSA) is 66.4 Å². The number of nitrogens with zero attached hydrogens (tertiary/aromatic N) is 4. The van der Waals surface area contributed by atoms with Gasteiger partial charge in [-0.25, -0.2) is 14.4 Å². The zero-order valence-electron chi connectivity index (χ0n) is 21.9. The van der Waals surface area contributed by atoms with E-state index in [2.05, 4.69) is 64.9 Å². The summed E-state index contributed by atoms with van der Waals surface area (Å²) in [5, 5.41) is 0. The molecule has 0 amide bonds. The largest absolute Gasteiger partial charge is 0.491 e. The molecule has 1 N–H and O–H groups in total. The molecule has 1 aromatic carbocycles. The maximum atomic E-state index is 13.1. The van der Waals surface area contributed by atoms with Crippen molar-refractivity contribution in [3.05, 3.63) is 65.4 Å². The Bertz CT molecular complexity index is 1430. The number of halogens is 1. The number of hydrogen-bond donors (Lipinski definition) is 1. The number of nitrogens with one attached hydrogen (secondary N) is 1. The second-order valence-electron chi connectivity index (χ2n) is 11.1. The molecule has 1 fully saturated rings. The molecular weight excluding hydrogens is 465 g/mol. The molecule has 1 atom stereocenters. The van der Waals surface area contributed by atoms with E-state index in [1.165, 1.54) is 23.4 Å². The quantitative estimate of drug-likeness (QED) is 0.431. The molecule has 3 aromatic rings. The van der Waals surface area contributed by atoms with Crippen molar-refractivity contribution in [1.29, 1.82) is 0 Å². The number of benzene rings is 1. The van der Waals surface area contributed by atoms with Gasteiger partial charge in [0.1, 0.15) is 24.9 Å². The van der Waals surface area contributed by atoms with Gasteiger partial charge in [-0.15, -0.1) is 0 Å². The Balaban J connectivity index is 1.38. The van der Waals surface area contributed by atoms with Gasteiger partial charge in [0.2, 0.25) is 0 Å². The van der Waals surface area contributed by atoms with Gasteiger partial charge in [-0.3, -0.25) is 4.99 Å². The first-order valence-corrected chi connectivity index (χ1v) is 13.3. The Labute approximate surface area is 217 Å². The lowest BCUT2D eigenvalue weighted by atomic mass is 9.72. The summed E-state index contributed by atoms with van der Waals surface area (Å²) in [5.74, 6) is 1.57. The monoisotopic (exact) mass is 499 g/mol. The van der Waals surface area contributed by atoms with Crippen molar-refractivity contribution in [3.8, 4) is 16.9 Å². The van der Waals surface area contributed by atoms with Gasteiger partial charge in [-0.2, -0.15) is 0 Å². The van der Waals surface area contributed by atoms with Crippen molar-refractivity contribution in [2.75, 3.05) is 13.2 Å². The number of fused-ring (bicyclic) bond motifs is 3. The fourth-order valence-corrected chi connectivity index (χ4v) is 5.91. The minimum atomic E-state index is -0.632. The van der Waals surface area contributed by atoms with Crippen LogP contribution in [0.1, 0.15) is 57.8 Å². The number of aromatic amines is 1. The summed E-state index contributed by atoms with van der Waals surface area (Å²) < 4.78 is 19.3. The smallest absolute Gasteiger partial charge is 0.177 e. The molecule has 0 spiro atoms. The van der Waals surface area contributed by atoms with E-state index in [-0.39, 0.29) is 5.41 Å². The number of allylic oxidation sites excluding steroid dienone is 2. The zero-order chi connectivity index (χ0) is 25.6. The number of ether oxygens (including phenoxy) is 1. The zero-order valence-corrected chi connectivity index (χ0v) is 21.9. The molecule has 1 saturated carbocycles. The summed E-state index contributed by atoms with van der Waals surface area (Å²) in [5.41, 5.74) is 8.85. The van der Waals surface area contributed by atoms with Crippen molar-refractivity contribution in [2.45, 2.75) is 59.7 Å². The number of alkyl halides is 1. The van der Waals surface area contributed by atoms with Crippen LogP contribution < -0.4 is 4.74 Å². The Morgan fingerprint density at radius 2 is 2.11 bits per heavy atom. The van der Waals surface area contributed by atoms with E-state index in [9.17, 15) is 4.39 Å². The maximum absolute atomic E-state index is 13.1. The molecule has 2 aliphatic heterocycles. The molecule has 192 valence electrons. The van der Waals surface area contributed by atoms with Gasteiger partial charge in [0.15, 0.2) is 5.65 Å². The highest BCUT2D eigenvalue weighted by atomic mass is 19.1. The fourth-order valence-electron chi connectivity index (χ4n) is 5.91. The van der Waals surface area contributed by atoms with Gasteiger partial charge in [0, 0.05) is 47.4 Å². The van der Waals surface area contributed by atoms with Crippen molar-refractivity contribution >= 4 is 16.9 Å². The van der Waals surface area contributed by atoms with Crippen LogP contribution in [0.25, 0.3) is 22.3 Å². The molecule has 1 aliphatic carbocycles. The molecule has 0 bridgehead atoms. The molecule has 2 aromatic heterocycles. The number of rotatable bonds is 4. The molecular formula is C30H34FN5O. The standard InChI is InChI=1S/C30H34FN5O/c1-4-19-8-10-32-24-7-9-30(2,3)15-23(24)28(19)36-11-12-37-26-6-5-20(13-22(26)18-36)21-14-25-29(33-17-21)35-27(16-31)34-25/h5-6,8,10,13-14,17,19H,4,7,9,11-12,15-16,18H2,1-3H3,(H,33,34,35). The van der Waals surface area contributed by atoms with Crippen LogP contribution in [0, 0.1) is 11.3 Å². The third-order valence-corrected chi connectivity index (χ3v) is 7.92. The van der Waals surface area contributed by atoms with Crippen LogP contribution >= 0.6 is 0 Å². The van der Waals surface area contributed by atoms with Crippen LogP contribution in [0.15, 0.2) is 59.0 Å². The highest BCUT2D eigenvalue weighted by molar-refractivity contribution is 6.02. The normalized spacial score (nSPS) is 21.1. The van der Waals surface area contributed by atoms with E-state index >= 15 is 0 Å². The van der Waals surface area contributed by atoms with E-state index in [0.717, 1.165) is 60.3 Å². The summed E-state index contributed by atoms with van der Waals surface area (Å²) in [4.78, 5) is 19.1. The van der Waals surface area contributed by atoms with Gasteiger partial charge >= 0.3 is 0 Å². The summed E-state index contributed by atoms with van der Waals surface area (Å²) in [6.07, 6.45) is 10.4. The Hall–Kier alpha value is -3.48. The van der Waals surface area contributed by atoms with E-state index in [1.54, 1.807) is 0 Å². The predicted octanol–water partition coefficient (Wildman–Crippen LogP) is 6.75. The number of aliphatic imine (C=N–C) groups is 1. The fraction of sp³-hybridized carbons (Fsp3) is 0.433. The summed E-state index contributed by atoms with van der Waals surface area (Å²) in [7, 11) is 0. The summed E-state index contributed by atoms with van der Waals surface area (Å²) in [6, 6.07) is 8.34. The van der Waals surface area contributed by atoms with Crippen LogP contribution in [0.5, 0.6) is 5.75 Å². The average Bonchev–Trinajstić information content (AvgIpc) is 3.08.